The average molecular weight is 383 g/mol. The summed E-state index contributed by atoms with van der Waals surface area (Å²) in [6.07, 6.45) is 1.43. The van der Waals surface area contributed by atoms with Crippen LogP contribution in [0.3, 0.4) is 0 Å². The van der Waals surface area contributed by atoms with Crippen molar-refractivity contribution < 1.29 is 18.4 Å². The van der Waals surface area contributed by atoms with Crippen LogP contribution >= 0.6 is 11.3 Å². The Morgan fingerprint density at radius 1 is 1.15 bits per heavy atom. The lowest BCUT2D eigenvalue weighted by Crippen LogP contribution is -2.23. The van der Waals surface area contributed by atoms with E-state index in [0.717, 1.165) is 9.56 Å². The Morgan fingerprint density at radius 3 is 2.78 bits per heavy atom. The first kappa shape index (κ1) is 17.0. The fraction of sp³-hybridized carbons (Fsp3) is 0.111. The molecule has 0 atom stereocenters. The second-order valence-corrected chi connectivity index (χ2v) is 6.43. The summed E-state index contributed by atoms with van der Waals surface area (Å²) in [4.78, 5) is 29.0. The van der Waals surface area contributed by atoms with Crippen molar-refractivity contribution in [3.63, 3.8) is 0 Å². The number of ether oxygens (including phenoxy) is 1. The van der Waals surface area contributed by atoms with Gasteiger partial charge in [-0.15, -0.1) is 16.4 Å². The zero-order valence-electron chi connectivity index (χ0n) is 13.9. The summed E-state index contributed by atoms with van der Waals surface area (Å²) in [5.41, 5.74) is 1.12. The molecule has 0 saturated heterocycles. The van der Waals surface area contributed by atoms with Gasteiger partial charge in [-0.2, -0.15) is 4.68 Å². The third kappa shape index (κ3) is 3.87. The molecule has 27 heavy (non-hydrogen) atoms. The molecule has 1 aromatic carbocycles. The molecular weight excluding hydrogens is 370 g/mol. The fourth-order valence-electron chi connectivity index (χ4n) is 2.31. The first-order valence-corrected chi connectivity index (χ1v) is 8.84. The molecular formula is C18H13N3O5S. The number of esters is 1. The first-order valence-electron chi connectivity index (χ1n) is 7.96. The van der Waals surface area contributed by atoms with E-state index >= 15 is 0 Å². The summed E-state index contributed by atoms with van der Waals surface area (Å²) < 4.78 is 16.5. The third-order valence-corrected chi connectivity index (χ3v) is 4.43. The number of carbonyl (C=O) groups excluding carboxylic acids is 1. The van der Waals surface area contributed by atoms with Gasteiger partial charge in [0.15, 0.2) is 0 Å². The highest BCUT2D eigenvalue weighted by Gasteiger charge is 2.15. The van der Waals surface area contributed by atoms with Gasteiger partial charge in [-0.3, -0.25) is 4.79 Å². The largest absolute Gasteiger partial charge is 0.458 e. The molecule has 9 heteroatoms. The summed E-state index contributed by atoms with van der Waals surface area (Å²) in [7, 11) is 0. The van der Waals surface area contributed by atoms with Crippen molar-refractivity contribution in [1.82, 2.24) is 14.8 Å². The van der Waals surface area contributed by atoms with Crippen molar-refractivity contribution in [2.75, 3.05) is 0 Å². The third-order valence-electron chi connectivity index (χ3n) is 3.57. The predicted molar refractivity (Wildman–Crippen MR) is 95.8 cm³/mol. The minimum absolute atomic E-state index is 0.0636. The highest BCUT2D eigenvalue weighted by molar-refractivity contribution is 7.13. The predicted octanol–water partition coefficient (Wildman–Crippen LogP) is 2.96. The molecule has 0 unspecified atom stereocenters. The van der Waals surface area contributed by atoms with Gasteiger partial charge in [0.1, 0.15) is 25.1 Å². The Labute approximate surface area is 156 Å². The number of benzene rings is 1. The van der Waals surface area contributed by atoms with E-state index in [4.69, 9.17) is 13.6 Å². The number of carbonyl (C=O) groups is 1. The molecule has 0 aliphatic carbocycles. The summed E-state index contributed by atoms with van der Waals surface area (Å²) in [6.45, 7) is -0.420. The number of hydrogen-bond acceptors (Lipinski definition) is 8. The van der Waals surface area contributed by atoms with Crippen LogP contribution in [0.2, 0.25) is 0 Å². The molecule has 8 nitrogen and oxygen atoms in total. The maximum absolute atomic E-state index is 12.0. The lowest BCUT2D eigenvalue weighted by atomic mass is 10.2. The zero-order valence-corrected chi connectivity index (χ0v) is 14.7. The molecule has 0 aliphatic heterocycles. The van der Waals surface area contributed by atoms with Crippen molar-refractivity contribution in [1.29, 1.82) is 0 Å². The number of rotatable bonds is 6. The lowest BCUT2D eigenvalue weighted by Gasteiger charge is -2.01. The van der Waals surface area contributed by atoms with E-state index in [9.17, 15) is 9.59 Å². The van der Waals surface area contributed by atoms with E-state index in [2.05, 4.69) is 10.1 Å². The van der Waals surface area contributed by atoms with Gasteiger partial charge in [0.05, 0.1) is 4.88 Å². The van der Waals surface area contributed by atoms with Gasteiger partial charge >= 0.3 is 11.7 Å². The van der Waals surface area contributed by atoms with Gasteiger partial charge in [-0.25, -0.2) is 9.78 Å². The quantitative estimate of drug-likeness (QED) is 0.472. The fourth-order valence-corrected chi connectivity index (χ4v) is 2.97. The van der Waals surface area contributed by atoms with Gasteiger partial charge in [0, 0.05) is 5.56 Å². The van der Waals surface area contributed by atoms with Gasteiger partial charge in [0.25, 0.3) is 0 Å². The standard InChI is InChI=1S/C18H13N3O5S/c22-15(24-10-13-11-25-17(19-13)14-7-4-8-27-14)9-21-18(23)26-16(20-21)12-5-2-1-3-6-12/h1-8,11H,9-10H2. The Kier molecular flexibility index (Phi) is 4.67. The molecule has 3 heterocycles. The van der Waals surface area contributed by atoms with Crippen molar-refractivity contribution in [3.8, 4) is 22.2 Å². The maximum atomic E-state index is 12.0. The maximum Gasteiger partial charge on any atom is 0.437 e. The molecule has 0 amide bonds. The summed E-state index contributed by atoms with van der Waals surface area (Å²) in [5, 5.41) is 5.93. The van der Waals surface area contributed by atoms with Crippen LogP contribution in [-0.2, 0) is 22.7 Å². The van der Waals surface area contributed by atoms with Gasteiger partial charge in [-0.05, 0) is 23.6 Å². The van der Waals surface area contributed by atoms with Crippen LogP contribution < -0.4 is 5.76 Å². The second kappa shape index (κ2) is 7.42. The monoisotopic (exact) mass is 383 g/mol. The van der Waals surface area contributed by atoms with Crippen LogP contribution in [0.5, 0.6) is 0 Å². The minimum atomic E-state index is -0.729. The molecule has 4 aromatic rings. The number of oxazole rings is 1. The molecule has 4 rings (SSSR count). The van der Waals surface area contributed by atoms with E-state index in [1.807, 2.05) is 23.6 Å². The summed E-state index contributed by atoms with van der Waals surface area (Å²) in [6, 6.07) is 12.7. The van der Waals surface area contributed by atoms with E-state index < -0.39 is 11.7 Å². The molecule has 3 aromatic heterocycles. The van der Waals surface area contributed by atoms with Crippen LogP contribution in [-0.4, -0.2) is 20.7 Å². The van der Waals surface area contributed by atoms with Crippen LogP contribution in [0, 0.1) is 0 Å². The smallest absolute Gasteiger partial charge is 0.437 e. The van der Waals surface area contributed by atoms with E-state index in [-0.39, 0.29) is 19.0 Å². The van der Waals surface area contributed by atoms with E-state index in [0.29, 0.717) is 17.1 Å². The molecule has 0 N–H and O–H groups in total. The Hall–Kier alpha value is -3.46. The van der Waals surface area contributed by atoms with E-state index in [1.54, 1.807) is 24.3 Å². The topological polar surface area (TPSA) is 100 Å². The number of thiophene rings is 1. The summed E-state index contributed by atoms with van der Waals surface area (Å²) >= 11 is 1.50. The van der Waals surface area contributed by atoms with Gasteiger partial charge in [0.2, 0.25) is 11.8 Å². The first-order chi connectivity index (χ1) is 13.2. The molecule has 0 saturated carbocycles. The SMILES string of the molecule is O=C(Cn1nc(-c2ccccc2)oc1=O)OCc1coc(-c2cccs2)n1. The number of nitrogens with zero attached hydrogens (tertiary/aromatic N) is 3. The van der Waals surface area contributed by atoms with Crippen LogP contribution in [0.15, 0.2) is 67.7 Å². The van der Waals surface area contributed by atoms with Crippen molar-refractivity contribution in [2.45, 2.75) is 13.2 Å². The highest BCUT2D eigenvalue weighted by Crippen LogP contribution is 2.23. The van der Waals surface area contributed by atoms with Crippen molar-refractivity contribution >= 4 is 17.3 Å². The van der Waals surface area contributed by atoms with Crippen molar-refractivity contribution in [3.05, 3.63) is 70.4 Å². The highest BCUT2D eigenvalue weighted by atomic mass is 32.1. The zero-order chi connectivity index (χ0) is 18.6. The molecule has 0 bridgehead atoms. The Bertz CT molecular complexity index is 1100. The molecule has 136 valence electrons. The van der Waals surface area contributed by atoms with E-state index in [1.165, 1.54) is 17.6 Å². The minimum Gasteiger partial charge on any atom is -0.458 e. The van der Waals surface area contributed by atoms with Crippen LogP contribution in [0.4, 0.5) is 0 Å². The molecule has 0 radical (unpaired) electrons. The van der Waals surface area contributed by atoms with Crippen LogP contribution in [0.1, 0.15) is 5.69 Å². The molecule has 0 spiro atoms. The van der Waals surface area contributed by atoms with Gasteiger partial charge in [-0.1, -0.05) is 24.3 Å². The van der Waals surface area contributed by atoms with Crippen LogP contribution in [0.25, 0.3) is 22.2 Å². The van der Waals surface area contributed by atoms with Crippen molar-refractivity contribution in [2.24, 2.45) is 0 Å². The molecule has 0 fully saturated rings. The average Bonchev–Trinajstić information content (AvgIpc) is 3.42. The Morgan fingerprint density at radius 2 is 2.00 bits per heavy atom. The summed E-state index contributed by atoms with van der Waals surface area (Å²) in [5.74, 6) is -0.750. The normalized spacial score (nSPS) is 10.8. The lowest BCUT2D eigenvalue weighted by molar-refractivity contribution is -0.146. The number of hydrogen-bond donors (Lipinski definition) is 0. The van der Waals surface area contributed by atoms with Gasteiger partial charge < -0.3 is 13.6 Å². The molecule has 0 aliphatic rings. The number of aromatic nitrogens is 3. The second-order valence-electron chi connectivity index (χ2n) is 5.48. The Balaban J connectivity index is 1.37.